The van der Waals surface area contributed by atoms with Gasteiger partial charge in [-0.05, 0) is 43.7 Å². The van der Waals surface area contributed by atoms with E-state index in [9.17, 15) is 4.39 Å². The molecule has 0 radical (unpaired) electrons. The van der Waals surface area contributed by atoms with Gasteiger partial charge >= 0.3 is 0 Å². The maximum atomic E-state index is 14.3. The van der Waals surface area contributed by atoms with Gasteiger partial charge in [-0.2, -0.15) is 0 Å². The molecule has 0 aliphatic heterocycles. The maximum Gasteiger partial charge on any atom is 0.146 e. The molecule has 2 aromatic rings. The van der Waals surface area contributed by atoms with E-state index >= 15 is 0 Å². The summed E-state index contributed by atoms with van der Waals surface area (Å²) in [4.78, 5) is 2.14. The third kappa shape index (κ3) is 2.70. The molecular weight excluding hydrogens is 255 g/mol. The Kier molecular flexibility index (Phi) is 3.74. The molecule has 0 saturated heterocycles. The fourth-order valence-electron chi connectivity index (χ4n) is 2.56. The number of benzene rings is 1. The van der Waals surface area contributed by atoms with Crippen molar-refractivity contribution in [1.29, 1.82) is 0 Å². The van der Waals surface area contributed by atoms with Gasteiger partial charge in [0.1, 0.15) is 11.6 Å². The van der Waals surface area contributed by atoms with E-state index in [1.165, 1.54) is 6.07 Å². The van der Waals surface area contributed by atoms with Gasteiger partial charge < -0.3 is 14.6 Å². The monoisotopic (exact) mass is 274 g/mol. The number of rotatable bonds is 6. The molecule has 1 N–H and O–H groups in total. The minimum Gasteiger partial charge on any atom is -0.467 e. The van der Waals surface area contributed by atoms with Crippen molar-refractivity contribution in [3.8, 4) is 0 Å². The second-order valence-electron chi connectivity index (χ2n) is 5.22. The average molecular weight is 274 g/mol. The van der Waals surface area contributed by atoms with E-state index in [4.69, 9.17) is 4.42 Å². The fourth-order valence-corrected chi connectivity index (χ4v) is 2.56. The van der Waals surface area contributed by atoms with Gasteiger partial charge in [0.15, 0.2) is 0 Å². The van der Waals surface area contributed by atoms with Crippen LogP contribution in [0.4, 0.5) is 10.1 Å². The molecule has 20 heavy (non-hydrogen) atoms. The predicted molar refractivity (Wildman–Crippen MR) is 77.1 cm³/mol. The van der Waals surface area contributed by atoms with Gasteiger partial charge in [0.25, 0.3) is 0 Å². The normalized spacial score (nSPS) is 14.5. The molecular formula is C16H19FN2O. The Labute approximate surface area is 118 Å². The van der Waals surface area contributed by atoms with E-state index in [-0.39, 0.29) is 5.82 Å². The van der Waals surface area contributed by atoms with Crippen molar-refractivity contribution in [2.75, 3.05) is 11.9 Å². The van der Waals surface area contributed by atoms with Crippen LogP contribution in [-0.4, -0.2) is 13.1 Å². The number of nitrogens with one attached hydrogen (secondary N) is 1. The maximum absolute atomic E-state index is 14.3. The molecule has 0 unspecified atom stereocenters. The van der Waals surface area contributed by atoms with Crippen LogP contribution in [0, 0.1) is 5.82 Å². The minimum absolute atomic E-state index is 0.156. The first-order valence-electron chi connectivity index (χ1n) is 7.00. The van der Waals surface area contributed by atoms with Crippen LogP contribution >= 0.6 is 0 Å². The Hall–Kier alpha value is -1.81. The summed E-state index contributed by atoms with van der Waals surface area (Å²) in [5.41, 5.74) is 1.70. The lowest BCUT2D eigenvalue weighted by Gasteiger charge is -2.26. The zero-order chi connectivity index (χ0) is 13.9. The van der Waals surface area contributed by atoms with E-state index in [0.717, 1.165) is 24.2 Å². The van der Waals surface area contributed by atoms with Crippen molar-refractivity contribution < 1.29 is 8.81 Å². The second kappa shape index (κ2) is 5.67. The van der Waals surface area contributed by atoms with Crippen LogP contribution in [0.3, 0.4) is 0 Å². The average Bonchev–Trinajstić information content (AvgIpc) is 3.15. The van der Waals surface area contributed by atoms with Crippen molar-refractivity contribution in [3.05, 3.63) is 53.7 Å². The summed E-state index contributed by atoms with van der Waals surface area (Å²) >= 11 is 0. The Balaban J connectivity index is 1.94. The lowest BCUT2D eigenvalue weighted by atomic mass is 10.1. The highest BCUT2D eigenvalue weighted by Crippen LogP contribution is 2.36. The summed E-state index contributed by atoms with van der Waals surface area (Å²) in [6.07, 6.45) is 3.90. The standard InChI is InChI=1S/C16H19FN2O/c1-18-10-12-4-2-6-15(17)16(12)19(13-7-8-13)11-14-5-3-9-20-14/h2-6,9,13,18H,7-8,10-11H2,1H3. The van der Waals surface area contributed by atoms with Gasteiger partial charge in [-0.1, -0.05) is 12.1 Å². The van der Waals surface area contributed by atoms with Gasteiger partial charge in [0.05, 0.1) is 18.5 Å². The van der Waals surface area contributed by atoms with E-state index in [0.29, 0.717) is 24.8 Å². The molecule has 4 heteroatoms. The number of hydrogen-bond donors (Lipinski definition) is 1. The Morgan fingerprint density at radius 3 is 2.80 bits per heavy atom. The first-order valence-corrected chi connectivity index (χ1v) is 7.00. The van der Waals surface area contributed by atoms with Crippen LogP contribution in [0.5, 0.6) is 0 Å². The highest BCUT2D eigenvalue weighted by molar-refractivity contribution is 5.56. The van der Waals surface area contributed by atoms with Crippen LogP contribution in [0.1, 0.15) is 24.2 Å². The van der Waals surface area contributed by atoms with Gasteiger partial charge in [-0.3, -0.25) is 0 Å². The van der Waals surface area contributed by atoms with Crippen LogP contribution in [-0.2, 0) is 13.1 Å². The lowest BCUT2D eigenvalue weighted by molar-refractivity contribution is 0.497. The molecule has 3 nitrogen and oxygen atoms in total. The number of para-hydroxylation sites is 1. The van der Waals surface area contributed by atoms with Crippen LogP contribution in [0.25, 0.3) is 0 Å². The molecule has 1 saturated carbocycles. The Bertz CT molecular complexity index is 564. The van der Waals surface area contributed by atoms with Gasteiger partial charge in [-0.25, -0.2) is 4.39 Å². The van der Waals surface area contributed by atoms with Crippen molar-refractivity contribution in [2.24, 2.45) is 0 Å². The van der Waals surface area contributed by atoms with E-state index in [2.05, 4.69) is 10.2 Å². The molecule has 3 rings (SSSR count). The molecule has 1 fully saturated rings. The van der Waals surface area contributed by atoms with Crippen molar-refractivity contribution in [1.82, 2.24) is 5.32 Å². The molecule has 0 spiro atoms. The molecule has 106 valence electrons. The van der Waals surface area contributed by atoms with Crippen molar-refractivity contribution in [2.45, 2.75) is 32.0 Å². The Morgan fingerprint density at radius 1 is 1.30 bits per heavy atom. The zero-order valence-electron chi connectivity index (χ0n) is 11.6. The summed E-state index contributed by atoms with van der Waals surface area (Å²) in [7, 11) is 1.88. The highest BCUT2D eigenvalue weighted by Gasteiger charge is 2.32. The smallest absolute Gasteiger partial charge is 0.146 e. The number of hydrogen-bond acceptors (Lipinski definition) is 3. The third-order valence-corrected chi connectivity index (χ3v) is 3.62. The number of nitrogens with zero attached hydrogens (tertiary/aromatic N) is 1. The second-order valence-corrected chi connectivity index (χ2v) is 5.22. The van der Waals surface area contributed by atoms with E-state index in [1.807, 2.05) is 25.2 Å². The van der Waals surface area contributed by atoms with Crippen LogP contribution < -0.4 is 10.2 Å². The molecule has 1 aliphatic carbocycles. The van der Waals surface area contributed by atoms with Gasteiger partial charge in [0.2, 0.25) is 0 Å². The number of halogens is 1. The van der Waals surface area contributed by atoms with E-state index in [1.54, 1.807) is 12.3 Å². The predicted octanol–water partition coefficient (Wildman–Crippen LogP) is 3.31. The fraction of sp³-hybridized carbons (Fsp3) is 0.375. The molecule has 1 aromatic carbocycles. The molecule has 1 aromatic heterocycles. The van der Waals surface area contributed by atoms with E-state index < -0.39 is 0 Å². The molecule has 1 aliphatic rings. The summed E-state index contributed by atoms with van der Waals surface area (Å²) in [5, 5.41) is 3.11. The molecule has 0 atom stereocenters. The minimum atomic E-state index is -0.156. The van der Waals surface area contributed by atoms with Crippen LogP contribution in [0.2, 0.25) is 0 Å². The third-order valence-electron chi connectivity index (χ3n) is 3.62. The van der Waals surface area contributed by atoms with Gasteiger partial charge in [-0.15, -0.1) is 0 Å². The summed E-state index contributed by atoms with van der Waals surface area (Å²) in [6.45, 7) is 1.28. The highest BCUT2D eigenvalue weighted by atomic mass is 19.1. The molecule has 1 heterocycles. The molecule has 0 amide bonds. The SMILES string of the molecule is CNCc1cccc(F)c1N(Cc1ccco1)C1CC1. The summed E-state index contributed by atoms with van der Waals surface area (Å²) in [6, 6.07) is 9.51. The number of furan rings is 1. The quantitative estimate of drug-likeness (QED) is 0.876. The lowest BCUT2D eigenvalue weighted by Crippen LogP contribution is -2.27. The molecule has 0 bridgehead atoms. The zero-order valence-corrected chi connectivity index (χ0v) is 11.6. The van der Waals surface area contributed by atoms with Crippen molar-refractivity contribution in [3.63, 3.8) is 0 Å². The van der Waals surface area contributed by atoms with Crippen LogP contribution in [0.15, 0.2) is 41.0 Å². The summed E-state index contributed by atoms with van der Waals surface area (Å²) in [5.74, 6) is 0.715. The van der Waals surface area contributed by atoms with Gasteiger partial charge in [0, 0.05) is 12.6 Å². The summed E-state index contributed by atoms with van der Waals surface area (Å²) < 4.78 is 19.8. The largest absolute Gasteiger partial charge is 0.467 e. The number of anilines is 1. The first kappa shape index (κ1) is 13.2. The first-order chi connectivity index (χ1) is 9.79. The Morgan fingerprint density at radius 2 is 2.15 bits per heavy atom. The topological polar surface area (TPSA) is 28.4 Å². The van der Waals surface area contributed by atoms with Crippen molar-refractivity contribution >= 4 is 5.69 Å².